The van der Waals surface area contributed by atoms with Crippen LogP contribution in [0, 0.1) is 5.92 Å². The molecule has 1 atom stereocenters. The summed E-state index contributed by atoms with van der Waals surface area (Å²) < 4.78 is 11.4. The number of para-hydroxylation sites is 1. The average Bonchev–Trinajstić information content (AvgIpc) is 2.89. The molecule has 1 heterocycles. The lowest BCUT2D eigenvalue weighted by molar-refractivity contribution is -0.148. The van der Waals surface area contributed by atoms with E-state index in [1.807, 2.05) is 32.5 Å². The molecule has 1 aliphatic rings. The van der Waals surface area contributed by atoms with E-state index in [2.05, 4.69) is 74.4 Å². The molecule has 0 aromatic heterocycles. The summed E-state index contributed by atoms with van der Waals surface area (Å²) in [6.07, 6.45) is 8.46. The van der Waals surface area contributed by atoms with Crippen LogP contribution in [0.25, 0.3) is 0 Å². The van der Waals surface area contributed by atoms with Gasteiger partial charge in [0.25, 0.3) is 0 Å². The lowest BCUT2D eigenvalue weighted by Crippen LogP contribution is -2.34. The highest BCUT2D eigenvalue weighted by Crippen LogP contribution is 2.52. The molecule has 2 aromatic carbocycles. The maximum Gasteiger partial charge on any atom is 0.334 e. The third-order valence-corrected chi connectivity index (χ3v) is 8.24. The van der Waals surface area contributed by atoms with E-state index >= 15 is 0 Å². The molecule has 3 rings (SSSR count). The Labute approximate surface area is 219 Å². The molecule has 4 nitrogen and oxygen atoms in total. The van der Waals surface area contributed by atoms with Crippen molar-refractivity contribution in [1.29, 1.82) is 0 Å². The molecule has 0 amide bonds. The van der Waals surface area contributed by atoms with E-state index in [0.717, 1.165) is 17.2 Å². The minimum Gasteiger partial charge on any atom is -0.464 e. The van der Waals surface area contributed by atoms with Gasteiger partial charge in [0, 0.05) is 21.9 Å². The van der Waals surface area contributed by atoms with Crippen molar-refractivity contribution in [2.75, 3.05) is 17.7 Å². The third kappa shape index (κ3) is 7.47. The Bertz CT molecular complexity index is 1030. The van der Waals surface area contributed by atoms with Gasteiger partial charge >= 0.3 is 5.97 Å². The standard InChI is InChI=1S/C29H39NO3S2/c1-8-9-13-21-20-30(22-14-11-10-12-15-22)23-18-26(34-7)24(19-25(23)35-29(21,5)6)32-17-16-27(31)33-28(2,3)4/h10-12,14-19,21H,8-9,13,20H2,1-7H3/b17-16+. The molecule has 1 aliphatic heterocycles. The molecule has 190 valence electrons. The molecule has 0 radical (unpaired) electrons. The Morgan fingerprint density at radius 2 is 1.94 bits per heavy atom. The van der Waals surface area contributed by atoms with Crippen LogP contribution in [0.2, 0.25) is 0 Å². The van der Waals surface area contributed by atoms with E-state index in [1.54, 1.807) is 11.8 Å². The van der Waals surface area contributed by atoms with E-state index < -0.39 is 11.6 Å². The van der Waals surface area contributed by atoms with E-state index in [4.69, 9.17) is 9.47 Å². The molecular formula is C29H39NO3S2. The Morgan fingerprint density at radius 3 is 2.57 bits per heavy atom. The highest BCUT2D eigenvalue weighted by molar-refractivity contribution is 8.01. The predicted octanol–water partition coefficient (Wildman–Crippen LogP) is 8.47. The molecule has 2 aromatic rings. The number of carbonyl (C=O) groups is 1. The maximum absolute atomic E-state index is 12.1. The zero-order valence-corrected chi connectivity index (χ0v) is 23.7. The number of nitrogens with zero attached hydrogens (tertiary/aromatic N) is 1. The van der Waals surface area contributed by atoms with Crippen molar-refractivity contribution in [2.24, 2.45) is 5.92 Å². The lowest BCUT2D eigenvalue weighted by Gasteiger charge is -2.34. The normalized spacial score (nSPS) is 17.7. The summed E-state index contributed by atoms with van der Waals surface area (Å²) in [5.74, 6) is 0.871. The van der Waals surface area contributed by atoms with Crippen LogP contribution in [0.4, 0.5) is 11.4 Å². The largest absolute Gasteiger partial charge is 0.464 e. The number of ether oxygens (including phenoxy) is 2. The van der Waals surface area contributed by atoms with E-state index in [0.29, 0.717) is 5.92 Å². The summed E-state index contributed by atoms with van der Waals surface area (Å²) in [5, 5.41) is 0. The number of thioether (sulfide) groups is 2. The van der Waals surface area contributed by atoms with Crippen molar-refractivity contribution >= 4 is 40.9 Å². The van der Waals surface area contributed by atoms with Crippen LogP contribution < -0.4 is 9.64 Å². The van der Waals surface area contributed by atoms with E-state index in [-0.39, 0.29) is 4.75 Å². The zero-order chi connectivity index (χ0) is 25.6. The summed E-state index contributed by atoms with van der Waals surface area (Å²) in [7, 11) is 0. The van der Waals surface area contributed by atoms with Crippen molar-refractivity contribution in [3.8, 4) is 5.75 Å². The van der Waals surface area contributed by atoms with Gasteiger partial charge in [-0.3, -0.25) is 0 Å². The highest BCUT2D eigenvalue weighted by atomic mass is 32.2. The third-order valence-electron chi connectivity index (χ3n) is 6.08. The van der Waals surface area contributed by atoms with Gasteiger partial charge < -0.3 is 14.4 Å². The Kier molecular flexibility index (Phi) is 9.28. The van der Waals surface area contributed by atoms with E-state index in [1.165, 1.54) is 47.9 Å². The van der Waals surface area contributed by atoms with Gasteiger partial charge in [-0.05, 0) is 63.6 Å². The van der Waals surface area contributed by atoms with Crippen LogP contribution in [0.5, 0.6) is 5.75 Å². The molecule has 0 N–H and O–H groups in total. The van der Waals surface area contributed by atoms with Crippen molar-refractivity contribution in [3.05, 3.63) is 54.8 Å². The Morgan fingerprint density at radius 1 is 1.23 bits per heavy atom. The minimum atomic E-state index is -0.534. The molecule has 0 saturated heterocycles. The van der Waals surface area contributed by atoms with Crippen LogP contribution in [-0.2, 0) is 9.53 Å². The van der Waals surface area contributed by atoms with Gasteiger partial charge in [-0.15, -0.1) is 23.5 Å². The number of anilines is 2. The number of fused-ring (bicyclic) bond motifs is 1. The summed E-state index contributed by atoms with van der Waals surface area (Å²) in [6.45, 7) is 13.5. The molecule has 0 spiro atoms. The van der Waals surface area contributed by atoms with Gasteiger partial charge in [0.05, 0.1) is 22.9 Å². The van der Waals surface area contributed by atoms with Crippen molar-refractivity contribution in [2.45, 2.75) is 80.9 Å². The molecule has 0 bridgehead atoms. The fourth-order valence-electron chi connectivity index (χ4n) is 4.22. The Hall–Kier alpha value is -2.05. The van der Waals surface area contributed by atoms with Gasteiger partial charge in [-0.25, -0.2) is 4.79 Å². The van der Waals surface area contributed by atoms with Gasteiger partial charge in [-0.2, -0.15) is 0 Å². The molecule has 6 heteroatoms. The van der Waals surface area contributed by atoms with Gasteiger partial charge in [-0.1, -0.05) is 51.8 Å². The van der Waals surface area contributed by atoms with Crippen LogP contribution in [0.3, 0.4) is 0 Å². The van der Waals surface area contributed by atoms with E-state index in [9.17, 15) is 4.79 Å². The fourth-order valence-corrected chi connectivity index (χ4v) is 6.12. The number of esters is 1. The van der Waals surface area contributed by atoms with Crippen LogP contribution in [0.15, 0.2) is 64.6 Å². The monoisotopic (exact) mass is 513 g/mol. The SMILES string of the molecule is CCCCC1CN(c2ccccc2)c2cc(SC)c(O/C=C/C(=O)OC(C)(C)C)cc2SC1(C)C. The molecule has 0 saturated carbocycles. The lowest BCUT2D eigenvalue weighted by atomic mass is 9.89. The highest BCUT2D eigenvalue weighted by Gasteiger charge is 2.37. The van der Waals surface area contributed by atoms with Crippen LogP contribution in [-0.4, -0.2) is 29.1 Å². The minimum absolute atomic E-state index is 0.0674. The summed E-state index contributed by atoms with van der Waals surface area (Å²) in [6, 6.07) is 15.0. The average molecular weight is 514 g/mol. The fraction of sp³-hybridized carbons (Fsp3) is 0.483. The van der Waals surface area contributed by atoms with Crippen LogP contribution in [0.1, 0.15) is 60.8 Å². The first-order valence-electron chi connectivity index (χ1n) is 12.3. The quantitative estimate of drug-likeness (QED) is 0.153. The van der Waals surface area contributed by atoms with Gasteiger partial charge in [0.15, 0.2) is 0 Å². The summed E-state index contributed by atoms with van der Waals surface area (Å²) in [4.78, 5) is 16.8. The topological polar surface area (TPSA) is 38.8 Å². The summed E-state index contributed by atoms with van der Waals surface area (Å²) >= 11 is 3.57. The molecule has 1 unspecified atom stereocenters. The molecule has 0 aliphatic carbocycles. The molecule has 0 fully saturated rings. The number of rotatable bonds is 8. The number of hydrogen-bond donors (Lipinski definition) is 0. The number of hydrogen-bond acceptors (Lipinski definition) is 6. The molecular weight excluding hydrogens is 474 g/mol. The maximum atomic E-state index is 12.1. The zero-order valence-electron chi connectivity index (χ0n) is 22.1. The second kappa shape index (κ2) is 11.8. The number of carbonyl (C=O) groups excluding carboxylic acids is 1. The smallest absolute Gasteiger partial charge is 0.334 e. The Balaban J connectivity index is 1.99. The first kappa shape index (κ1) is 27.5. The first-order chi connectivity index (χ1) is 16.5. The van der Waals surface area contributed by atoms with Crippen molar-refractivity contribution in [1.82, 2.24) is 0 Å². The van der Waals surface area contributed by atoms with Gasteiger partial charge in [0.1, 0.15) is 11.4 Å². The predicted molar refractivity (Wildman–Crippen MR) is 150 cm³/mol. The van der Waals surface area contributed by atoms with Crippen molar-refractivity contribution in [3.63, 3.8) is 0 Å². The molecule has 35 heavy (non-hydrogen) atoms. The van der Waals surface area contributed by atoms with Crippen molar-refractivity contribution < 1.29 is 14.3 Å². The van der Waals surface area contributed by atoms with Gasteiger partial charge in [0.2, 0.25) is 0 Å². The second-order valence-corrected chi connectivity index (χ2v) is 13.0. The van der Waals surface area contributed by atoms with Crippen LogP contribution >= 0.6 is 23.5 Å². The summed E-state index contributed by atoms with van der Waals surface area (Å²) in [5.41, 5.74) is 1.88. The number of benzene rings is 2. The second-order valence-electron chi connectivity index (χ2n) is 10.4. The first-order valence-corrected chi connectivity index (χ1v) is 14.4. The number of unbranched alkanes of at least 4 members (excludes halogenated alkanes) is 1.